The zero-order chi connectivity index (χ0) is 23.7. The predicted molar refractivity (Wildman–Crippen MR) is 131 cm³/mol. The maximum absolute atomic E-state index is 13.2. The number of nitrogens with zero attached hydrogens (tertiary/aromatic N) is 2. The standard InChI is InChI=1S/C27H32N4O3/c1-17-21(16-32)12-20(14-25(17)34-11-3-9-28)27(33)30-23-8-7-18-5-6-19(13-22(18)23)24-15-31-10-2-4-26(31)29-24/h5-6,12-15,23,32H,2-4,7-11,16,28H2,1H3,(H,30,33)/t23-/m1/s1. The number of nitrogens with one attached hydrogen (secondary N) is 1. The van der Waals surface area contributed by atoms with E-state index in [0.29, 0.717) is 30.0 Å². The largest absolute Gasteiger partial charge is 0.493 e. The maximum Gasteiger partial charge on any atom is 0.251 e. The molecule has 0 bridgehead atoms. The summed E-state index contributed by atoms with van der Waals surface area (Å²) in [5.41, 5.74) is 12.1. The molecular formula is C27H32N4O3. The van der Waals surface area contributed by atoms with Gasteiger partial charge in [-0.2, -0.15) is 0 Å². The second-order valence-electron chi connectivity index (χ2n) is 9.22. The lowest BCUT2D eigenvalue weighted by Crippen LogP contribution is -2.27. The molecule has 1 amide bonds. The minimum absolute atomic E-state index is 0.0580. The van der Waals surface area contributed by atoms with Crippen LogP contribution in [0.2, 0.25) is 0 Å². The number of ether oxygens (including phenoxy) is 1. The normalized spacial score (nSPS) is 16.4. The molecule has 0 radical (unpaired) electrons. The third kappa shape index (κ3) is 4.33. The molecule has 7 nitrogen and oxygen atoms in total. The fourth-order valence-electron chi connectivity index (χ4n) is 5.00. The fourth-order valence-corrected chi connectivity index (χ4v) is 5.00. The molecular weight excluding hydrogens is 428 g/mol. The third-order valence-electron chi connectivity index (χ3n) is 6.99. The first-order chi connectivity index (χ1) is 16.6. The van der Waals surface area contributed by atoms with E-state index in [1.807, 2.05) is 6.92 Å². The molecule has 1 atom stereocenters. The molecule has 5 rings (SSSR count). The summed E-state index contributed by atoms with van der Waals surface area (Å²) in [7, 11) is 0. The maximum atomic E-state index is 13.2. The minimum atomic E-state index is -0.164. The molecule has 0 unspecified atom stereocenters. The van der Waals surface area contributed by atoms with Gasteiger partial charge in [-0.3, -0.25) is 4.79 Å². The van der Waals surface area contributed by atoms with Crippen LogP contribution in [-0.4, -0.2) is 33.7 Å². The first-order valence-electron chi connectivity index (χ1n) is 12.1. The topological polar surface area (TPSA) is 102 Å². The van der Waals surface area contributed by atoms with Crippen LogP contribution in [0.25, 0.3) is 11.3 Å². The van der Waals surface area contributed by atoms with E-state index in [4.69, 9.17) is 15.5 Å². The van der Waals surface area contributed by atoms with Crippen molar-refractivity contribution in [1.82, 2.24) is 14.9 Å². The molecule has 34 heavy (non-hydrogen) atoms. The van der Waals surface area contributed by atoms with Crippen LogP contribution < -0.4 is 15.8 Å². The van der Waals surface area contributed by atoms with Gasteiger partial charge in [0.25, 0.3) is 5.91 Å². The molecule has 1 aliphatic heterocycles. The lowest BCUT2D eigenvalue weighted by atomic mass is 10.0. The van der Waals surface area contributed by atoms with Gasteiger partial charge in [-0.15, -0.1) is 0 Å². The van der Waals surface area contributed by atoms with E-state index in [1.54, 1.807) is 12.1 Å². The van der Waals surface area contributed by atoms with Crippen LogP contribution in [0.3, 0.4) is 0 Å². The monoisotopic (exact) mass is 460 g/mol. The summed E-state index contributed by atoms with van der Waals surface area (Å²) >= 11 is 0. The van der Waals surface area contributed by atoms with Crippen molar-refractivity contribution in [2.45, 2.75) is 58.2 Å². The Kier molecular flexibility index (Phi) is 6.39. The van der Waals surface area contributed by atoms with E-state index in [0.717, 1.165) is 66.9 Å². The van der Waals surface area contributed by atoms with Crippen molar-refractivity contribution in [3.8, 4) is 17.0 Å². The van der Waals surface area contributed by atoms with Gasteiger partial charge in [-0.25, -0.2) is 4.98 Å². The van der Waals surface area contributed by atoms with Gasteiger partial charge < -0.3 is 25.5 Å². The van der Waals surface area contributed by atoms with Crippen LogP contribution in [0.5, 0.6) is 5.75 Å². The number of carbonyl (C=O) groups is 1. The number of carbonyl (C=O) groups excluding carboxylic acids is 1. The highest BCUT2D eigenvalue weighted by atomic mass is 16.5. The highest BCUT2D eigenvalue weighted by molar-refractivity contribution is 5.95. The summed E-state index contributed by atoms with van der Waals surface area (Å²) < 4.78 is 8.09. The van der Waals surface area contributed by atoms with Crippen LogP contribution in [0.1, 0.15) is 63.7 Å². The van der Waals surface area contributed by atoms with Crippen molar-refractivity contribution in [2.24, 2.45) is 5.73 Å². The Balaban J connectivity index is 1.36. The summed E-state index contributed by atoms with van der Waals surface area (Å²) in [6.07, 6.45) is 6.87. The number of fused-ring (bicyclic) bond motifs is 2. The molecule has 178 valence electrons. The van der Waals surface area contributed by atoms with Crippen molar-refractivity contribution >= 4 is 5.91 Å². The van der Waals surface area contributed by atoms with Crippen molar-refractivity contribution in [2.75, 3.05) is 13.2 Å². The summed E-state index contributed by atoms with van der Waals surface area (Å²) in [4.78, 5) is 18.1. The second-order valence-corrected chi connectivity index (χ2v) is 9.22. The number of hydrogen-bond acceptors (Lipinski definition) is 5. The van der Waals surface area contributed by atoms with Gasteiger partial charge in [0.15, 0.2) is 0 Å². The Morgan fingerprint density at radius 2 is 2.18 bits per heavy atom. The lowest BCUT2D eigenvalue weighted by molar-refractivity contribution is 0.0936. The predicted octanol–water partition coefficient (Wildman–Crippen LogP) is 3.44. The summed E-state index contributed by atoms with van der Waals surface area (Å²) in [5, 5.41) is 13.0. The van der Waals surface area contributed by atoms with E-state index in [9.17, 15) is 9.90 Å². The SMILES string of the molecule is Cc1c(CO)cc(C(=O)N[C@@H]2CCc3ccc(-c4cn5c(n4)CCC5)cc32)cc1OCCCN. The van der Waals surface area contributed by atoms with Crippen LogP contribution in [0, 0.1) is 6.92 Å². The van der Waals surface area contributed by atoms with Gasteiger partial charge in [0.05, 0.1) is 24.9 Å². The number of aliphatic hydroxyl groups excluding tert-OH is 1. The number of aliphatic hydroxyl groups is 1. The Bertz CT molecular complexity index is 1200. The molecule has 0 fully saturated rings. The van der Waals surface area contributed by atoms with Gasteiger partial charge in [0.1, 0.15) is 11.6 Å². The molecule has 2 aromatic carbocycles. The highest BCUT2D eigenvalue weighted by Crippen LogP contribution is 2.35. The molecule has 1 aliphatic carbocycles. The fraction of sp³-hybridized carbons (Fsp3) is 0.407. The van der Waals surface area contributed by atoms with Crippen LogP contribution >= 0.6 is 0 Å². The van der Waals surface area contributed by atoms with Gasteiger partial charge in [0.2, 0.25) is 0 Å². The minimum Gasteiger partial charge on any atom is -0.493 e. The number of imidazole rings is 1. The molecule has 4 N–H and O–H groups in total. The second kappa shape index (κ2) is 9.60. The highest BCUT2D eigenvalue weighted by Gasteiger charge is 2.26. The number of aromatic nitrogens is 2. The Hall–Kier alpha value is -3.16. The van der Waals surface area contributed by atoms with E-state index in [-0.39, 0.29) is 18.6 Å². The molecule has 2 heterocycles. The van der Waals surface area contributed by atoms with Gasteiger partial charge in [-0.05, 0) is 79.6 Å². The average Bonchev–Trinajstić information content (AvgIpc) is 3.55. The first kappa shape index (κ1) is 22.6. The number of aryl methyl sites for hydroxylation is 3. The summed E-state index contributed by atoms with van der Waals surface area (Å²) in [6, 6.07) is 9.94. The number of nitrogens with two attached hydrogens (primary N) is 1. The molecule has 1 aromatic heterocycles. The van der Waals surface area contributed by atoms with E-state index in [2.05, 4.69) is 34.3 Å². The zero-order valence-electron chi connectivity index (χ0n) is 19.6. The number of rotatable bonds is 8. The van der Waals surface area contributed by atoms with Gasteiger partial charge >= 0.3 is 0 Å². The zero-order valence-corrected chi connectivity index (χ0v) is 19.6. The van der Waals surface area contributed by atoms with Crippen LogP contribution in [0.4, 0.5) is 0 Å². The van der Waals surface area contributed by atoms with Crippen molar-refractivity contribution < 1.29 is 14.6 Å². The van der Waals surface area contributed by atoms with Gasteiger partial charge in [0, 0.05) is 30.3 Å². The van der Waals surface area contributed by atoms with E-state index >= 15 is 0 Å². The summed E-state index contributed by atoms with van der Waals surface area (Å²) in [5.74, 6) is 1.61. The quantitative estimate of drug-likeness (QED) is 0.447. The number of amides is 1. The van der Waals surface area contributed by atoms with E-state index in [1.165, 1.54) is 5.56 Å². The van der Waals surface area contributed by atoms with Crippen molar-refractivity contribution in [3.63, 3.8) is 0 Å². The molecule has 0 saturated carbocycles. The Morgan fingerprint density at radius 3 is 2.97 bits per heavy atom. The number of benzene rings is 2. The number of hydrogen-bond donors (Lipinski definition) is 3. The van der Waals surface area contributed by atoms with Crippen LogP contribution in [-0.2, 0) is 26.0 Å². The summed E-state index contributed by atoms with van der Waals surface area (Å²) in [6.45, 7) is 3.80. The first-order valence-corrected chi connectivity index (χ1v) is 12.1. The molecule has 0 saturated heterocycles. The molecule has 7 heteroatoms. The molecule has 2 aliphatic rings. The molecule has 3 aromatic rings. The van der Waals surface area contributed by atoms with Crippen molar-refractivity contribution in [3.05, 3.63) is 70.2 Å². The average molecular weight is 461 g/mol. The lowest BCUT2D eigenvalue weighted by Gasteiger charge is -2.17. The van der Waals surface area contributed by atoms with Gasteiger partial charge in [-0.1, -0.05) is 12.1 Å². The van der Waals surface area contributed by atoms with Crippen LogP contribution in [0.15, 0.2) is 36.5 Å². The third-order valence-corrected chi connectivity index (χ3v) is 6.99. The smallest absolute Gasteiger partial charge is 0.251 e. The Labute approximate surface area is 200 Å². The Morgan fingerprint density at radius 1 is 1.29 bits per heavy atom. The van der Waals surface area contributed by atoms with Crippen molar-refractivity contribution in [1.29, 1.82) is 0 Å². The van der Waals surface area contributed by atoms with E-state index < -0.39 is 0 Å². The molecule has 0 spiro atoms.